The number of aromatic nitrogens is 5. The van der Waals surface area contributed by atoms with Gasteiger partial charge in [-0.3, -0.25) is 9.25 Å². The molecule has 0 radical (unpaired) electrons. The Kier molecular flexibility index (Phi) is 3.08. The fourth-order valence-corrected chi connectivity index (χ4v) is 2.23. The second-order valence-corrected chi connectivity index (χ2v) is 4.70. The molecule has 0 saturated heterocycles. The zero-order valence-electron chi connectivity index (χ0n) is 11.4. The SMILES string of the molecule is Cc1nnc(C(N)c2cnn(C)c2)n1-c1ccccc1. The van der Waals surface area contributed by atoms with E-state index in [4.69, 9.17) is 5.73 Å². The summed E-state index contributed by atoms with van der Waals surface area (Å²) in [7, 11) is 1.86. The molecule has 2 heterocycles. The summed E-state index contributed by atoms with van der Waals surface area (Å²) in [4.78, 5) is 0. The number of aryl methyl sites for hydroxylation is 2. The Hall–Kier alpha value is -2.47. The maximum absolute atomic E-state index is 6.30. The Morgan fingerprint density at radius 3 is 2.55 bits per heavy atom. The maximum Gasteiger partial charge on any atom is 0.159 e. The van der Waals surface area contributed by atoms with Crippen molar-refractivity contribution in [3.63, 3.8) is 0 Å². The fourth-order valence-electron chi connectivity index (χ4n) is 2.23. The molecule has 20 heavy (non-hydrogen) atoms. The molecule has 0 aliphatic rings. The lowest BCUT2D eigenvalue weighted by atomic mass is 10.1. The average molecular weight is 268 g/mol. The molecule has 6 nitrogen and oxygen atoms in total. The summed E-state index contributed by atoms with van der Waals surface area (Å²) in [5, 5.41) is 12.5. The molecule has 0 aliphatic heterocycles. The molecule has 2 aromatic heterocycles. The van der Waals surface area contributed by atoms with Crippen molar-refractivity contribution in [2.45, 2.75) is 13.0 Å². The zero-order valence-corrected chi connectivity index (χ0v) is 11.4. The summed E-state index contributed by atoms with van der Waals surface area (Å²) in [5.41, 5.74) is 8.22. The summed E-state index contributed by atoms with van der Waals surface area (Å²) in [5.74, 6) is 1.52. The Morgan fingerprint density at radius 2 is 1.90 bits per heavy atom. The maximum atomic E-state index is 6.30. The van der Waals surface area contributed by atoms with E-state index in [1.807, 2.05) is 55.1 Å². The first kappa shape index (κ1) is 12.6. The summed E-state index contributed by atoms with van der Waals surface area (Å²) < 4.78 is 3.70. The van der Waals surface area contributed by atoms with E-state index in [-0.39, 0.29) is 6.04 Å². The molecule has 1 atom stereocenters. The number of nitrogens with zero attached hydrogens (tertiary/aromatic N) is 5. The van der Waals surface area contributed by atoms with Crippen LogP contribution in [0.15, 0.2) is 42.7 Å². The zero-order chi connectivity index (χ0) is 14.1. The van der Waals surface area contributed by atoms with Gasteiger partial charge >= 0.3 is 0 Å². The molecular formula is C14H16N6. The molecule has 0 bridgehead atoms. The lowest BCUT2D eigenvalue weighted by molar-refractivity contribution is 0.741. The smallest absolute Gasteiger partial charge is 0.159 e. The van der Waals surface area contributed by atoms with E-state index in [0.717, 1.165) is 17.1 Å². The third-order valence-electron chi connectivity index (χ3n) is 3.23. The van der Waals surface area contributed by atoms with Crippen LogP contribution < -0.4 is 5.73 Å². The van der Waals surface area contributed by atoms with Gasteiger partial charge in [0.2, 0.25) is 0 Å². The van der Waals surface area contributed by atoms with Gasteiger partial charge < -0.3 is 5.73 Å². The van der Waals surface area contributed by atoms with Crippen LogP contribution in [0.25, 0.3) is 5.69 Å². The minimum absolute atomic E-state index is 0.356. The van der Waals surface area contributed by atoms with Crippen LogP contribution in [0.5, 0.6) is 0 Å². The molecule has 0 saturated carbocycles. The second kappa shape index (κ2) is 4.90. The van der Waals surface area contributed by atoms with E-state index in [9.17, 15) is 0 Å². The van der Waals surface area contributed by atoms with Gasteiger partial charge in [-0.1, -0.05) is 18.2 Å². The molecule has 6 heteroatoms. The van der Waals surface area contributed by atoms with Crippen molar-refractivity contribution in [1.82, 2.24) is 24.5 Å². The van der Waals surface area contributed by atoms with Crippen molar-refractivity contribution >= 4 is 0 Å². The van der Waals surface area contributed by atoms with Gasteiger partial charge in [-0.25, -0.2) is 0 Å². The highest BCUT2D eigenvalue weighted by Gasteiger charge is 2.20. The Bertz CT molecular complexity index is 712. The van der Waals surface area contributed by atoms with Crippen LogP contribution in [-0.2, 0) is 7.05 Å². The summed E-state index contributed by atoms with van der Waals surface area (Å²) in [6.07, 6.45) is 3.65. The van der Waals surface area contributed by atoms with Crippen LogP contribution in [-0.4, -0.2) is 24.5 Å². The van der Waals surface area contributed by atoms with Crippen molar-refractivity contribution in [3.8, 4) is 5.69 Å². The molecule has 2 N–H and O–H groups in total. The second-order valence-electron chi connectivity index (χ2n) is 4.70. The van der Waals surface area contributed by atoms with E-state index >= 15 is 0 Å². The summed E-state index contributed by atoms with van der Waals surface area (Å²) in [6.45, 7) is 1.92. The highest BCUT2D eigenvalue weighted by atomic mass is 15.3. The number of nitrogens with two attached hydrogens (primary N) is 1. The van der Waals surface area contributed by atoms with Gasteiger partial charge in [-0.05, 0) is 19.1 Å². The van der Waals surface area contributed by atoms with Gasteiger partial charge in [0.25, 0.3) is 0 Å². The van der Waals surface area contributed by atoms with Crippen molar-refractivity contribution in [2.24, 2.45) is 12.8 Å². The standard InChI is InChI=1S/C14H16N6/c1-10-17-18-14(13(15)11-8-16-19(2)9-11)20(10)12-6-4-3-5-7-12/h3-9,13H,15H2,1-2H3. The predicted octanol–water partition coefficient (Wildman–Crippen LogP) is 1.36. The molecule has 1 unspecified atom stereocenters. The molecule has 0 fully saturated rings. The largest absolute Gasteiger partial charge is 0.318 e. The molecule has 0 aliphatic carbocycles. The van der Waals surface area contributed by atoms with Crippen molar-refractivity contribution in [3.05, 3.63) is 59.9 Å². The molecule has 102 valence electrons. The Morgan fingerprint density at radius 1 is 1.15 bits per heavy atom. The topological polar surface area (TPSA) is 74.6 Å². The van der Waals surface area contributed by atoms with Gasteiger partial charge in [0.1, 0.15) is 5.82 Å². The van der Waals surface area contributed by atoms with Gasteiger partial charge in [0, 0.05) is 24.5 Å². The van der Waals surface area contributed by atoms with Gasteiger partial charge in [0.15, 0.2) is 5.82 Å². The van der Waals surface area contributed by atoms with Gasteiger partial charge in [-0.15, -0.1) is 10.2 Å². The molecule has 3 rings (SSSR count). The first-order chi connectivity index (χ1) is 9.66. The van der Waals surface area contributed by atoms with E-state index in [1.54, 1.807) is 10.9 Å². The van der Waals surface area contributed by atoms with E-state index < -0.39 is 0 Å². The molecule has 1 aromatic carbocycles. The van der Waals surface area contributed by atoms with E-state index in [2.05, 4.69) is 15.3 Å². The summed E-state index contributed by atoms with van der Waals surface area (Å²) >= 11 is 0. The monoisotopic (exact) mass is 268 g/mol. The number of hydrogen-bond acceptors (Lipinski definition) is 4. The Balaban J connectivity index is 2.07. The molecule has 0 spiro atoms. The minimum Gasteiger partial charge on any atom is -0.318 e. The van der Waals surface area contributed by atoms with Crippen LogP contribution in [0.3, 0.4) is 0 Å². The lowest BCUT2D eigenvalue weighted by Gasteiger charge is -2.12. The fraction of sp³-hybridized carbons (Fsp3) is 0.214. The third-order valence-corrected chi connectivity index (χ3v) is 3.23. The number of para-hydroxylation sites is 1. The van der Waals surface area contributed by atoms with Crippen LogP contribution in [0.1, 0.15) is 23.3 Å². The first-order valence-electron chi connectivity index (χ1n) is 6.38. The van der Waals surface area contributed by atoms with Crippen molar-refractivity contribution < 1.29 is 0 Å². The van der Waals surface area contributed by atoms with Crippen molar-refractivity contribution in [1.29, 1.82) is 0 Å². The normalized spacial score (nSPS) is 12.6. The number of rotatable bonds is 3. The predicted molar refractivity (Wildman–Crippen MR) is 75.3 cm³/mol. The van der Waals surface area contributed by atoms with Crippen molar-refractivity contribution in [2.75, 3.05) is 0 Å². The molecular weight excluding hydrogens is 252 g/mol. The third kappa shape index (κ3) is 2.10. The van der Waals surface area contributed by atoms with E-state index in [1.165, 1.54) is 0 Å². The average Bonchev–Trinajstić information content (AvgIpc) is 3.05. The minimum atomic E-state index is -0.356. The summed E-state index contributed by atoms with van der Waals surface area (Å²) in [6, 6.07) is 9.60. The number of hydrogen-bond donors (Lipinski definition) is 1. The van der Waals surface area contributed by atoms with E-state index in [0.29, 0.717) is 5.82 Å². The Labute approximate surface area is 116 Å². The lowest BCUT2D eigenvalue weighted by Crippen LogP contribution is -2.17. The van der Waals surface area contributed by atoms with Crippen LogP contribution in [0, 0.1) is 6.92 Å². The highest BCUT2D eigenvalue weighted by Crippen LogP contribution is 2.21. The van der Waals surface area contributed by atoms with Gasteiger partial charge in [0.05, 0.1) is 12.2 Å². The van der Waals surface area contributed by atoms with Crippen LogP contribution in [0.2, 0.25) is 0 Å². The quantitative estimate of drug-likeness (QED) is 0.778. The van der Waals surface area contributed by atoms with Gasteiger partial charge in [-0.2, -0.15) is 5.10 Å². The molecule has 0 amide bonds. The number of benzene rings is 1. The van der Waals surface area contributed by atoms with Crippen LogP contribution in [0.4, 0.5) is 0 Å². The first-order valence-corrected chi connectivity index (χ1v) is 6.38. The molecule has 3 aromatic rings. The van der Waals surface area contributed by atoms with Crippen LogP contribution >= 0.6 is 0 Å². The highest BCUT2D eigenvalue weighted by molar-refractivity contribution is 5.35.